The van der Waals surface area contributed by atoms with E-state index in [4.69, 9.17) is 0 Å². The van der Waals surface area contributed by atoms with Crippen LogP contribution in [0.3, 0.4) is 0 Å². The lowest BCUT2D eigenvalue weighted by Gasteiger charge is -2.15. The zero-order valence-electron chi connectivity index (χ0n) is 9.99. The maximum absolute atomic E-state index is 12.1. The van der Waals surface area contributed by atoms with E-state index in [9.17, 15) is 4.79 Å². The molecule has 2 N–H and O–H groups in total. The van der Waals surface area contributed by atoms with Gasteiger partial charge in [0.1, 0.15) is 0 Å². The van der Waals surface area contributed by atoms with Crippen molar-refractivity contribution in [3.63, 3.8) is 0 Å². The maximum atomic E-state index is 12.1. The summed E-state index contributed by atoms with van der Waals surface area (Å²) >= 11 is 0. The molecule has 90 valence electrons. The number of para-hydroxylation sites is 1. The molecule has 17 heavy (non-hydrogen) atoms. The number of aromatic nitrogens is 2. The van der Waals surface area contributed by atoms with Crippen LogP contribution in [0, 0.1) is 0 Å². The zero-order chi connectivity index (χ0) is 11.8. The lowest BCUT2D eigenvalue weighted by molar-refractivity contribution is 0.438. The average Bonchev–Trinajstić information content (AvgIpc) is 2.53. The van der Waals surface area contributed by atoms with E-state index in [-0.39, 0.29) is 11.7 Å². The van der Waals surface area contributed by atoms with Crippen LogP contribution in [0.5, 0.6) is 0 Å². The van der Waals surface area contributed by atoms with E-state index in [2.05, 4.69) is 23.3 Å². The van der Waals surface area contributed by atoms with Gasteiger partial charge in [-0.15, -0.1) is 0 Å². The Labute approximate surface area is 99.6 Å². The average molecular weight is 231 g/mol. The molecule has 0 radical (unpaired) electrons. The van der Waals surface area contributed by atoms with Crippen LogP contribution < -0.4 is 11.0 Å². The lowest BCUT2D eigenvalue weighted by atomic mass is 10.1. The third-order valence-electron chi connectivity index (χ3n) is 3.50. The van der Waals surface area contributed by atoms with E-state index in [1.165, 1.54) is 5.56 Å². The third kappa shape index (κ3) is 1.60. The molecule has 1 aliphatic rings. The van der Waals surface area contributed by atoms with Crippen molar-refractivity contribution < 1.29 is 0 Å². The van der Waals surface area contributed by atoms with Crippen molar-refractivity contribution in [3.05, 3.63) is 34.2 Å². The summed E-state index contributed by atoms with van der Waals surface area (Å²) in [4.78, 5) is 15.0. The van der Waals surface area contributed by atoms with Crippen molar-refractivity contribution in [2.75, 3.05) is 6.54 Å². The summed E-state index contributed by atoms with van der Waals surface area (Å²) in [5, 5.41) is 3.43. The molecule has 1 aliphatic heterocycles. The molecule has 0 aliphatic carbocycles. The van der Waals surface area contributed by atoms with E-state index >= 15 is 0 Å². The van der Waals surface area contributed by atoms with E-state index < -0.39 is 0 Å². The fourth-order valence-corrected chi connectivity index (χ4v) is 2.77. The minimum absolute atomic E-state index is 0.0228. The minimum Gasteiger partial charge on any atom is -0.311 e. The van der Waals surface area contributed by atoms with Crippen molar-refractivity contribution >= 4 is 11.0 Å². The van der Waals surface area contributed by atoms with Gasteiger partial charge in [-0.1, -0.05) is 25.5 Å². The van der Waals surface area contributed by atoms with E-state index in [0.29, 0.717) is 0 Å². The summed E-state index contributed by atoms with van der Waals surface area (Å²) in [5.74, 6) is 0. The first-order valence-corrected chi connectivity index (χ1v) is 6.24. The summed E-state index contributed by atoms with van der Waals surface area (Å²) in [6.45, 7) is 3.87. The van der Waals surface area contributed by atoms with Crippen molar-refractivity contribution in [3.8, 4) is 0 Å². The highest BCUT2D eigenvalue weighted by molar-refractivity contribution is 5.79. The third-order valence-corrected chi connectivity index (χ3v) is 3.50. The van der Waals surface area contributed by atoms with Crippen LogP contribution in [0.15, 0.2) is 23.0 Å². The van der Waals surface area contributed by atoms with Crippen LogP contribution >= 0.6 is 0 Å². The maximum Gasteiger partial charge on any atom is 0.326 e. The molecule has 0 bridgehead atoms. The molecular formula is C13H17N3O. The van der Waals surface area contributed by atoms with Crippen molar-refractivity contribution in [1.82, 2.24) is 14.9 Å². The summed E-state index contributed by atoms with van der Waals surface area (Å²) < 4.78 is 1.94. The van der Waals surface area contributed by atoms with Gasteiger partial charge < -0.3 is 10.3 Å². The molecule has 0 fully saturated rings. The van der Waals surface area contributed by atoms with E-state index in [0.717, 1.165) is 37.0 Å². The molecule has 3 rings (SSSR count). The summed E-state index contributed by atoms with van der Waals surface area (Å²) in [7, 11) is 0. The first kappa shape index (κ1) is 10.6. The van der Waals surface area contributed by atoms with Crippen LogP contribution in [0.4, 0.5) is 0 Å². The van der Waals surface area contributed by atoms with Gasteiger partial charge in [-0.05, 0) is 18.1 Å². The van der Waals surface area contributed by atoms with Gasteiger partial charge in [-0.25, -0.2) is 4.79 Å². The first-order chi connectivity index (χ1) is 8.31. The van der Waals surface area contributed by atoms with Gasteiger partial charge in [-0.3, -0.25) is 4.57 Å². The SMILES string of the molecule is CCC[C@@H]1CNCc2cccc3[nH]c(=O)n1c23. The molecular weight excluding hydrogens is 214 g/mol. The predicted octanol–water partition coefficient (Wildman–Crippen LogP) is 1.77. The van der Waals surface area contributed by atoms with Gasteiger partial charge in [0.25, 0.3) is 0 Å². The number of hydrogen-bond donors (Lipinski definition) is 2. The van der Waals surface area contributed by atoms with Gasteiger partial charge in [-0.2, -0.15) is 0 Å². The number of aromatic amines is 1. The molecule has 2 heterocycles. The highest BCUT2D eigenvalue weighted by Gasteiger charge is 2.21. The van der Waals surface area contributed by atoms with Gasteiger partial charge >= 0.3 is 5.69 Å². The standard InChI is InChI=1S/C13H17N3O/c1-2-4-10-8-14-7-9-5-3-6-11-12(9)16(10)13(17)15-11/h3,5-6,10,14H,2,4,7-8H2,1H3,(H,15,17)/t10-/m1/s1. The van der Waals surface area contributed by atoms with Crippen LogP contribution in [0.2, 0.25) is 0 Å². The summed E-state index contributed by atoms with van der Waals surface area (Å²) in [5.41, 5.74) is 3.27. The Morgan fingerprint density at radius 2 is 2.35 bits per heavy atom. The number of hydrogen-bond acceptors (Lipinski definition) is 2. The Hall–Kier alpha value is -1.55. The fraction of sp³-hybridized carbons (Fsp3) is 0.462. The Morgan fingerprint density at radius 3 is 3.18 bits per heavy atom. The Balaban J connectivity index is 2.29. The Morgan fingerprint density at radius 1 is 1.47 bits per heavy atom. The summed E-state index contributed by atoms with van der Waals surface area (Å²) in [6.07, 6.45) is 2.13. The minimum atomic E-state index is 0.0228. The molecule has 0 amide bonds. The number of H-pyrrole nitrogens is 1. The monoisotopic (exact) mass is 231 g/mol. The molecule has 1 aromatic heterocycles. The molecule has 0 saturated heterocycles. The second-order valence-electron chi connectivity index (χ2n) is 4.69. The normalized spacial score (nSPS) is 19.5. The molecule has 1 aromatic carbocycles. The topological polar surface area (TPSA) is 49.8 Å². The van der Waals surface area contributed by atoms with Crippen molar-refractivity contribution in [2.45, 2.75) is 32.4 Å². The van der Waals surface area contributed by atoms with Crippen LogP contribution in [-0.2, 0) is 6.54 Å². The highest BCUT2D eigenvalue weighted by Crippen LogP contribution is 2.24. The quantitative estimate of drug-likeness (QED) is 0.827. The molecule has 0 saturated carbocycles. The van der Waals surface area contributed by atoms with E-state index in [1.54, 1.807) is 0 Å². The van der Waals surface area contributed by atoms with Crippen LogP contribution in [-0.4, -0.2) is 16.1 Å². The lowest BCUT2D eigenvalue weighted by Crippen LogP contribution is -2.28. The van der Waals surface area contributed by atoms with Gasteiger partial charge in [0.2, 0.25) is 0 Å². The second-order valence-corrected chi connectivity index (χ2v) is 4.69. The molecule has 2 aromatic rings. The molecule has 0 unspecified atom stereocenters. The molecule has 1 atom stereocenters. The van der Waals surface area contributed by atoms with Crippen molar-refractivity contribution in [2.24, 2.45) is 0 Å². The molecule has 4 heteroatoms. The van der Waals surface area contributed by atoms with Gasteiger partial charge in [0.15, 0.2) is 0 Å². The van der Waals surface area contributed by atoms with Gasteiger partial charge in [0.05, 0.1) is 17.1 Å². The smallest absolute Gasteiger partial charge is 0.311 e. The van der Waals surface area contributed by atoms with Crippen LogP contribution in [0.25, 0.3) is 11.0 Å². The summed E-state index contributed by atoms with van der Waals surface area (Å²) in [6, 6.07) is 6.34. The number of imidazole rings is 1. The Kier molecular flexibility index (Phi) is 2.52. The Bertz CT molecular complexity index is 596. The molecule has 0 spiro atoms. The number of benzene rings is 1. The van der Waals surface area contributed by atoms with Crippen molar-refractivity contribution in [1.29, 1.82) is 0 Å². The second kappa shape index (κ2) is 4.04. The van der Waals surface area contributed by atoms with Gasteiger partial charge in [0, 0.05) is 13.1 Å². The van der Waals surface area contributed by atoms with Crippen LogP contribution in [0.1, 0.15) is 31.4 Å². The number of nitrogens with one attached hydrogen (secondary N) is 2. The first-order valence-electron chi connectivity index (χ1n) is 6.24. The largest absolute Gasteiger partial charge is 0.326 e. The number of nitrogens with zero attached hydrogens (tertiary/aromatic N) is 1. The van der Waals surface area contributed by atoms with E-state index in [1.807, 2.05) is 16.7 Å². The number of rotatable bonds is 2. The molecule has 4 nitrogen and oxygen atoms in total. The predicted molar refractivity (Wildman–Crippen MR) is 68.2 cm³/mol. The highest BCUT2D eigenvalue weighted by atomic mass is 16.1. The zero-order valence-corrected chi connectivity index (χ0v) is 9.99. The fourth-order valence-electron chi connectivity index (χ4n) is 2.77.